The van der Waals surface area contributed by atoms with Gasteiger partial charge in [0, 0.05) is 30.2 Å². The second-order valence-corrected chi connectivity index (χ2v) is 10.8. The molecule has 3 heterocycles. The molecule has 5 rings (SSSR count). The number of carbonyl (C=O) groups excluding carboxylic acids is 1. The lowest BCUT2D eigenvalue weighted by Crippen LogP contribution is -2.39. The first-order chi connectivity index (χ1) is 17.5. The summed E-state index contributed by atoms with van der Waals surface area (Å²) in [6, 6.07) is 6.68. The maximum Gasteiger partial charge on any atom is 0.256 e. The van der Waals surface area contributed by atoms with Crippen LogP contribution in [0.4, 0.5) is 17.1 Å². The number of benzene rings is 1. The Morgan fingerprint density at radius 2 is 1.86 bits per heavy atom. The SMILES string of the molecule is Cc1ccc([C@H](Nc2c(Nc3ccc(Cl)c4c3C(=O)N(CCN3CN=NN3)C4)c(=O)c2=O)C(C)(C)C)o1. The summed E-state index contributed by atoms with van der Waals surface area (Å²) in [7, 11) is 0. The van der Waals surface area contributed by atoms with Gasteiger partial charge in [-0.2, -0.15) is 10.1 Å². The van der Waals surface area contributed by atoms with Gasteiger partial charge in [0.25, 0.3) is 16.8 Å². The van der Waals surface area contributed by atoms with E-state index in [1.807, 2.05) is 39.8 Å². The number of rotatable bonds is 8. The Bertz CT molecular complexity index is 1460. The third-order valence-electron chi connectivity index (χ3n) is 6.61. The number of carbonyl (C=O) groups is 1. The van der Waals surface area contributed by atoms with Crippen LogP contribution in [-0.4, -0.2) is 35.6 Å². The Kier molecular flexibility index (Phi) is 6.28. The minimum absolute atomic E-state index is 0.114. The van der Waals surface area contributed by atoms with Gasteiger partial charge >= 0.3 is 0 Å². The van der Waals surface area contributed by atoms with Crippen LogP contribution in [0.1, 0.15) is 54.3 Å². The highest BCUT2D eigenvalue weighted by atomic mass is 35.5. The maximum absolute atomic E-state index is 13.3. The summed E-state index contributed by atoms with van der Waals surface area (Å²) in [5.41, 5.74) is 2.93. The summed E-state index contributed by atoms with van der Waals surface area (Å²) in [6.45, 7) is 9.60. The lowest BCUT2D eigenvalue weighted by molar-refractivity contribution is 0.0751. The fourth-order valence-electron chi connectivity index (χ4n) is 4.57. The quantitative estimate of drug-likeness (QED) is 0.377. The van der Waals surface area contributed by atoms with Gasteiger partial charge in [-0.05, 0) is 36.6 Å². The number of hydrazine groups is 1. The van der Waals surface area contributed by atoms with Crippen LogP contribution in [0.3, 0.4) is 0 Å². The fourth-order valence-corrected chi connectivity index (χ4v) is 4.79. The zero-order valence-corrected chi connectivity index (χ0v) is 21.8. The van der Waals surface area contributed by atoms with Crippen LogP contribution in [0.15, 0.2) is 48.6 Å². The Morgan fingerprint density at radius 1 is 1.11 bits per heavy atom. The highest BCUT2D eigenvalue weighted by Gasteiger charge is 2.35. The smallest absolute Gasteiger partial charge is 0.256 e. The molecule has 11 nitrogen and oxygen atoms in total. The van der Waals surface area contributed by atoms with Crippen molar-refractivity contribution in [2.24, 2.45) is 15.8 Å². The van der Waals surface area contributed by atoms with Crippen molar-refractivity contribution >= 4 is 34.6 Å². The van der Waals surface area contributed by atoms with E-state index in [4.69, 9.17) is 16.0 Å². The van der Waals surface area contributed by atoms with Gasteiger partial charge in [-0.1, -0.05) is 37.6 Å². The average Bonchev–Trinajstić information content (AvgIpc) is 3.59. The zero-order chi connectivity index (χ0) is 26.5. The molecular formula is C25H28ClN7O4. The monoisotopic (exact) mass is 525 g/mol. The highest BCUT2D eigenvalue weighted by molar-refractivity contribution is 6.32. The number of furan rings is 1. The molecule has 0 fully saturated rings. The van der Waals surface area contributed by atoms with Crippen molar-refractivity contribution < 1.29 is 9.21 Å². The van der Waals surface area contributed by atoms with Crippen LogP contribution in [-0.2, 0) is 6.54 Å². The van der Waals surface area contributed by atoms with Gasteiger partial charge in [0.1, 0.15) is 29.6 Å². The van der Waals surface area contributed by atoms with E-state index in [2.05, 4.69) is 26.5 Å². The first kappa shape index (κ1) is 25.0. The second kappa shape index (κ2) is 9.31. The van der Waals surface area contributed by atoms with E-state index in [-0.39, 0.29) is 28.7 Å². The molecule has 2 aliphatic rings. The minimum atomic E-state index is -0.649. The van der Waals surface area contributed by atoms with E-state index >= 15 is 0 Å². The van der Waals surface area contributed by atoms with Crippen LogP contribution in [0.5, 0.6) is 0 Å². The molecule has 3 N–H and O–H groups in total. The third kappa shape index (κ3) is 4.60. The Hall–Kier alpha value is -3.70. The van der Waals surface area contributed by atoms with Crippen LogP contribution in [0.2, 0.25) is 5.02 Å². The highest BCUT2D eigenvalue weighted by Crippen LogP contribution is 2.39. The lowest BCUT2D eigenvalue weighted by atomic mass is 9.85. The number of nitrogens with zero attached hydrogens (tertiary/aromatic N) is 4. The Labute approximate surface area is 218 Å². The number of nitrogens with one attached hydrogen (secondary N) is 3. The van der Waals surface area contributed by atoms with Gasteiger partial charge < -0.3 is 20.0 Å². The minimum Gasteiger partial charge on any atom is -0.464 e. The fraction of sp³-hybridized carbons (Fsp3) is 0.400. The predicted octanol–water partition coefficient (Wildman–Crippen LogP) is 3.88. The van der Waals surface area contributed by atoms with Gasteiger partial charge in [-0.25, -0.2) is 5.53 Å². The maximum atomic E-state index is 13.3. The predicted molar refractivity (Wildman–Crippen MR) is 140 cm³/mol. The largest absolute Gasteiger partial charge is 0.464 e. The number of halogens is 1. The summed E-state index contributed by atoms with van der Waals surface area (Å²) in [5.74, 6) is 1.20. The van der Waals surface area contributed by atoms with Crippen molar-refractivity contribution in [3.8, 4) is 0 Å². The van der Waals surface area contributed by atoms with Crippen molar-refractivity contribution in [1.29, 1.82) is 0 Å². The molecule has 0 saturated carbocycles. The van der Waals surface area contributed by atoms with E-state index in [9.17, 15) is 14.4 Å². The second-order valence-electron chi connectivity index (χ2n) is 10.3. The van der Waals surface area contributed by atoms with Gasteiger partial charge in [-0.3, -0.25) is 14.4 Å². The molecule has 0 spiro atoms. The Balaban J connectivity index is 1.40. The molecule has 2 aliphatic heterocycles. The molecule has 3 aromatic rings. The van der Waals surface area contributed by atoms with Crippen LogP contribution < -0.4 is 27.0 Å². The zero-order valence-electron chi connectivity index (χ0n) is 21.0. The molecule has 0 saturated heterocycles. The first-order valence-corrected chi connectivity index (χ1v) is 12.3. The van der Waals surface area contributed by atoms with Gasteiger partial charge in [0.2, 0.25) is 0 Å². The van der Waals surface area contributed by atoms with Crippen LogP contribution in [0.25, 0.3) is 0 Å². The van der Waals surface area contributed by atoms with Crippen molar-refractivity contribution in [2.75, 3.05) is 30.4 Å². The number of hydrogen-bond donors (Lipinski definition) is 3. The van der Waals surface area contributed by atoms with E-state index in [1.54, 1.807) is 22.0 Å². The number of fused-ring (bicyclic) bond motifs is 1. The average molecular weight is 526 g/mol. The molecule has 1 aromatic heterocycles. The molecule has 0 bridgehead atoms. The van der Waals surface area contributed by atoms with E-state index in [1.165, 1.54) is 0 Å². The molecule has 2 aromatic carbocycles. The summed E-state index contributed by atoms with van der Waals surface area (Å²) >= 11 is 6.44. The molecule has 0 unspecified atom stereocenters. The summed E-state index contributed by atoms with van der Waals surface area (Å²) in [4.78, 5) is 40.2. The summed E-state index contributed by atoms with van der Waals surface area (Å²) < 4.78 is 5.83. The van der Waals surface area contributed by atoms with Gasteiger partial charge in [-0.15, -0.1) is 0 Å². The number of hydrogen-bond acceptors (Lipinski definition) is 10. The third-order valence-corrected chi connectivity index (χ3v) is 6.96. The van der Waals surface area contributed by atoms with E-state index in [0.717, 1.165) is 5.76 Å². The summed E-state index contributed by atoms with van der Waals surface area (Å²) in [5, 5.41) is 16.1. The number of amides is 1. The molecule has 1 amide bonds. The number of aryl methyl sites for hydroxylation is 1. The Morgan fingerprint density at radius 3 is 2.51 bits per heavy atom. The molecule has 37 heavy (non-hydrogen) atoms. The molecular weight excluding hydrogens is 498 g/mol. The van der Waals surface area contributed by atoms with Gasteiger partial charge in [0.15, 0.2) is 0 Å². The van der Waals surface area contributed by atoms with E-state index in [0.29, 0.717) is 53.9 Å². The van der Waals surface area contributed by atoms with Crippen LogP contribution >= 0.6 is 11.6 Å². The van der Waals surface area contributed by atoms with Gasteiger partial charge in [0.05, 0.1) is 17.3 Å². The molecule has 0 aliphatic carbocycles. The lowest BCUT2D eigenvalue weighted by Gasteiger charge is -2.31. The first-order valence-electron chi connectivity index (χ1n) is 12.0. The van der Waals surface area contributed by atoms with Crippen molar-refractivity contribution in [3.63, 3.8) is 0 Å². The van der Waals surface area contributed by atoms with Crippen molar-refractivity contribution in [2.45, 2.75) is 40.3 Å². The summed E-state index contributed by atoms with van der Waals surface area (Å²) in [6.07, 6.45) is 0. The molecule has 194 valence electrons. The normalized spacial score (nSPS) is 16.4. The van der Waals surface area contributed by atoms with Crippen LogP contribution in [0, 0.1) is 12.3 Å². The topological polar surface area (TPSA) is 132 Å². The number of anilines is 3. The van der Waals surface area contributed by atoms with E-state index < -0.39 is 10.9 Å². The molecule has 12 heteroatoms. The molecule has 0 radical (unpaired) electrons. The van der Waals surface area contributed by atoms with Crippen molar-refractivity contribution in [3.05, 3.63) is 72.4 Å². The molecule has 1 atom stereocenters. The van der Waals surface area contributed by atoms with Crippen molar-refractivity contribution in [1.82, 2.24) is 15.4 Å². The standard InChI is InChI=1S/C25H28ClN7O4/c1-13-5-8-17(37-13)23(25(2,3)4)29-20-19(21(34)22(20)35)28-16-7-6-15(26)14-11-32(24(36)18(14)16)9-10-33-12-27-30-31-33/h5-8,23,28-29H,9-12H2,1-4H3,(H,27,31)/t23-/m0/s1.